The molecule has 0 saturated heterocycles. The minimum Gasteiger partial charge on any atom is -0.479 e. The number of nitrogens with one attached hydrogen (secondary N) is 1. The van der Waals surface area contributed by atoms with E-state index >= 15 is 0 Å². The molecule has 7 nitrogen and oxygen atoms in total. The third-order valence-electron chi connectivity index (χ3n) is 4.46. The van der Waals surface area contributed by atoms with Crippen LogP contribution < -0.4 is 10.1 Å². The van der Waals surface area contributed by atoms with Crippen molar-refractivity contribution >= 4 is 51.1 Å². The summed E-state index contributed by atoms with van der Waals surface area (Å²) in [6, 6.07) is 10.6. The molecule has 0 fully saturated rings. The van der Waals surface area contributed by atoms with Gasteiger partial charge >= 0.3 is 0 Å². The highest BCUT2D eigenvalue weighted by Crippen LogP contribution is 2.30. The molecule has 1 atom stereocenters. The third-order valence-corrected chi connectivity index (χ3v) is 5.93. The number of anilines is 1. The lowest BCUT2D eigenvalue weighted by atomic mass is 10.1. The number of nitrogens with zero attached hydrogens (tertiary/aromatic N) is 4. The Morgan fingerprint density at radius 3 is 2.70 bits per heavy atom. The summed E-state index contributed by atoms with van der Waals surface area (Å²) in [7, 11) is 0. The van der Waals surface area contributed by atoms with Crippen molar-refractivity contribution in [1.82, 2.24) is 19.8 Å². The Morgan fingerprint density at radius 1 is 1.17 bits per heavy atom. The Balaban J connectivity index is 1.53. The third kappa shape index (κ3) is 4.12. The fraction of sp³-hybridized carbons (Fsp3) is 0.200. The van der Waals surface area contributed by atoms with Crippen molar-refractivity contribution in [1.29, 1.82) is 0 Å². The molecular weight excluding hydrogens is 445 g/mol. The molecule has 2 heterocycles. The molecule has 2 aromatic carbocycles. The molecule has 0 aliphatic carbocycles. The first-order chi connectivity index (χ1) is 14.3. The van der Waals surface area contributed by atoms with E-state index in [2.05, 4.69) is 20.6 Å². The van der Waals surface area contributed by atoms with Gasteiger partial charge in [-0.2, -0.15) is 9.61 Å². The van der Waals surface area contributed by atoms with Crippen LogP contribution in [0.5, 0.6) is 5.75 Å². The minimum absolute atomic E-state index is 0.296. The van der Waals surface area contributed by atoms with Crippen LogP contribution in [0.2, 0.25) is 10.0 Å². The van der Waals surface area contributed by atoms with Gasteiger partial charge in [-0.25, -0.2) is 0 Å². The van der Waals surface area contributed by atoms with Gasteiger partial charge < -0.3 is 10.1 Å². The number of carbonyl (C=O) groups excluding carboxylic acids is 1. The zero-order valence-electron chi connectivity index (χ0n) is 16.3. The standard InChI is InChI=1S/C20H17Cl2N5O2S/c1-10-4-5-13(19-26-27-12(3)24-25-20(27)30-19)8-16(10)23-18(28)11(2)29-17-7-6-14(21)9-15(17)22/h4-9,11H,1-3H3,(H,23,28). The number of carbonyl (C=O) groups is 1. The van der Waals surface area contributed by atoms with E-state index in [4.69, 9.17) is 27.9 Å². The molecule has 154 valence electrons. The van der Waals surface area contributed by atoms with Crippen molar-refractivity contribution < 1.29 is 9.53 Å². The number of halogens is 2. The molecule has 1 unspecified atom stereocenters. The Hall–Kier alpha value is -2.68. The number of ether oxygens (including phenoxy) is 1. The van der Waals surface area contributed by atoms with E-state index < -0.39 is 6.10 Å². The average molecular weight is 462 g/mol. The van der Waals surface area contributed by atoms with Crippen LogP contribution in [0.4, 0.5) is 5.69 Å². The summed E-state index contributed by atoms with van der Waals surface area (Å²) in [5.41, 5.74) is 2.47. The summed E-state index contributed by atoms with van der Waals surface area (Å²) in [5.74, 6) is 0.819. The molecule has 1 N–H and O–H groups in total. The van der Waals surface area contributed by atoms with Crippen LogP contribution in [0.3, 0.4) is 0 Å². The Kier molecular flexibility index (Phi) is 5.64. The zero-order chi connectivity index (χ0) is 21.4. The number of rotatable bonds is 5. The van der Waals surface area contributed by atoms with Crippen LogP contribution >= 0.6 is 34.5 Å². The van der Waals surface area contributed by atoms with E-state index in [1.807, 2.05) is 32.0 Å². The van der Waals surface area contributed by atoms with Gasteiger partial charge in [0.25, 0.3) is 5.91 Å². The summed E-state index contributed by atoms with van der Waals surface area (Å²) in [6.45, 7) is 5.42. The molecule has 0 spiro atoms. The number of aryl methyl sites for hydroxylation is 2. The normalized spacial score (nSPS) is 12.2. The molecule has 0 bridgehead atoms. The van der Waals surface area contributed by atoms with E-state index in [-0.39, 0.29) is 5.91 Å². The Labute approximate surface area is 186 Å². The fourth-order valence-electron chi connectivity index (χ4n) is 2.77. The van der Waals surface area contributed by atoms with Crippen LogP contribution in [-0.2, 0) is 4.79 Å². The average Bonchev–Trinajstić information content (AvgIpc) is 3.28. The summed E-state index contributed by atoms with van der Waals surface area (Å²) >= 11 is 13.5. The molecule has 0 aliphatic heterocycles. The van der Waals surface area contributed by atoms with Crippen molar-refractivity contribution in [2.24, 2.45) is 0 Å². The highest BCUT2D eigenvalue weighted by atomic mass is 35.5. The van der Waals surface area contributed by atoms with Gasteiger partial charge in [-0.3, -0.25) is 4.79 Å². The molecule has 1 amide bonds. The molecule has 30 heavy (non-hydrogen) atoms. The number of fused-ring (bicyclic) bond motifs is 1. The van der Waals surface area contributed by atoms with E-state index in [1.165, 1.54) is 11.3 Å². The maximum atomic E-state index is 12.7. The van der Waals surface area contributed by atoms with Gasteiger partial charge in [-0.1, -0.05) is 46.7 Å². The van der Waals surface area contributed by atoms with Gasteiger partial charge in [0, 0.05) is 16.3 Å². The molecule has 2 aromatic heterocycles. The zero-order valence-corrected chi connectivity index (χ0v) is 18.6. The minimum atomic E-state index is -0.761. The van der Waals surface area contributed by atoms with Crippen molar-refractivity contribution in [3.05, 3.63) is 57.8 Å². The number of benzene rings is 2. The lowest BCUT2D eigenvalue weighted by Gasteiger charge is -2.17. The molecule has 0 radical (unpaired) electrons. The second-order valence-corrected chi connectivity index (χ2v) is 8.50. The SMILES string of the molecule is Cc1ccc(-c2nn3c(C)nnc3s2)cc1NC(=O)C(C)Oc1ccc(Cl)cc1Cl. The second-order valence-electron chi connectivity index (χ2n) is 6.70. The van der Waals surface area contributed by atoms with Crippen LogP contribution in [0.1, 0.15) is 18.3 Å². The van der Waals surface area contributed by atoms with E-state index in [9.17, 15) is 4.79 Å². The highest BCUT2D eigenvalue weighted by molar-refractivity contribution is 7.19. The molecule has 0 saturated carbocycles. The van der Waals surface area contributed by atoms with Gasteiger partial charge in [0.2, 0.25) is 4.96 Å². The van der Waals surface area contributed by atoms with Crippen molar-refractivity contribution in [2.45, 2.75) is 26.9 Å². The lowest BCUT2D eigenvalue weighted by molar-refractivity contribution is -0.122. The van der Waals surface area contributed by atoms with Gasteiger partial charge in [0.05, 0.1) is 5.02 Å². The van der Waals surface area contributed by atoms with Crippen molar-refractivity contribution in [3.63, 3.8) is 0 Å². The lowest BCUT2D eigenvalue weighted by Crippen LogP contribution is -2.30. The summed E-state index contributed by atoms with van der Waals surface area (Å²) in [5, 5.41) is 17.2. The topological polar surface area (TPSA) is 81.4 Å². The number of hydrogen-bond donors (Lipinski definition) is 1. The van der Waals surface area contributed by atoms with E-state index in [1.54, 1.807) is 29.6 Å². The summed E-state index contributed by atoms with van der Waals surface area (Å²) in [4.78, 5) is 13.4. The van der Waals surface area contributed by atoms with Gasteiger partial charge in [-0.15, -0.1) is 10.2 Å². The summed E-state index contributed by atoms with van der Waals surface area (Å²) < 4.78 is 7.40. The first kappa shape index (κ1) is 20.6. The predicted molar refractivity (Wildman–Crippen MR) is 119 cm³/mol. The smallest absolute Gasteiger partial charge is 0.265 e. The fourth-order valence-corrected chi connectivity index (χ4v) is 4.10. The molecule has 4 rings (SSSR count). The van der Waals surface area contributed by atoms with E-state index in [0.717, 1.165) is 26.9 Å². The first-order valence-electron chi connectivity index (χ1n) is 9.04. The van der Waals surface area contributed by atoms with Gasteiger partial charge in [0.15, 0.2) is 11.9 Å². The first-order valence-corrected chi connectivity index (χ1v) is 10.6. The Bertz CT molecular complexity index is 1250. The highest BCUT2D eigenvalue weighted by Gasteiger charge is 2.18. The largest absolute Gasteiger partial charge is 0.479 e. The molecule has 0 aliphatic rings. The number of hydrogen-bond acceptors (Lipinski definition) is 6. The molecular formula is C20H17Cl2N5O2S. The van der Waals surface area contributed by atoms with Gasteiger partial charge in [-0.05, 0) is 50.6 Å². The number of aromatic nitrogens is 4. The van der Waals surface area contributed by atoms with Crippen LogP contribution in [0.25, 0.3) is 15.5 Å². The molecule has 10 heteroatoms. The van der Waals surface area contributed by atoms with Crippen molar-refractivity contribution in [2.75, 3.05) is 5.32 Å². The monoisotopic (exact) mass is 461 g/mol. The maximum absolute atomic E-state index is 12.7. The van der Waals surface area contributed by atoms with E-state index in [0.29, 0.717) is 21.5 Å². The van der Waals surface area contributed by atoms with Crippen LogP contribution in [-0.4, -0.2) is 31.8 Å². The van der Waals surface area contributed by atoms with Crippen molar-refractivity contribution in [3.8, 4) is 16.3 Å². The van der Waals surface area contributed by atoms with Crippen LogP contribution in [0.15, 0.2) is 36.4 Å². The quantitative estimate of drug-likeness (QED) is 0.442. The Morgan fingerprint density at radius 2 is 1.97 bits per heavy atom. The van der Waals surface area contributed by atoms with Gasteiger partial charge in [0.1, 0.15) is 10.8 Å². The van der Waals surface area contributed by atoms with Crippen LogP contribution in [0, 0.1) is 13.8 Å². The number of amides is 1. The second kappa shape index (κ2) is 8.22. The predicted octanol–water partition coefficient (Wildman–Crippen LogP) is 5.18. The molecule has 4 aromatic rings. The maximum Gasteiger partial charge on any atom is 0.265 e. The summed E-state index contributed by atoms with van der Waals surface area (Å²) in [6.07, 6.45) is -0.761.